The molecule has 2 aromatic rings. The zero-order chi connectivity index (χ0) is 79.3. The van der Waals surface area contributed by atoms with E-state index in [1.807, 2.05) is 0 Å². The van der Waals surface area contributed by atoms with Crippen molar-refractivity contribution in [2.75, 3.05) is 82.6 Å². The summed E-state index contributed by atoms with van der Waals surface area (Å²) in [5.74, 6) is -20.8. The molecule has 590 valence electrons. The van der Waals surface area contributed by atoms with Crippen LogP contribution in [0.25, 0.3) is 0 Å². The highest BCUT2D eigenvalue weighted by molar-refractivity contribution is 6.01. The number of hydrogen-bond donors (Lipinski definition) is 3. The average Bonchev–Trinajstić information content (AvgIpc) is 1.75. The standard InChI is InChI=1S/C73H96F10N12O12/c1-11-41(2)59-67(105)89(6)39-57(98)90(7)50-20-13-12-16-31-94(66(50)104)53(35-43-23-26-46(27-24-43)72(78,79)80)65(103)88(5)38-55(96)84-49(28-25-44-32-47(74)58(48(75)33-44)73(81,82)83)63(101)95-40-71(76,77)37-54(95)62(100)86-70(29-17-30-70)69(107)93(10)60(45-18-14-15-19-45)68(106)92(9)52(64(102)87(3)4)36-56(97)91(8)51(61(99)85-59)34-42-21-22-42/h12-13,23-24,26-27,32-33,41-42,45,49-54,59-60H,11,14-22,25,28-31,34-40H2,1-10H3,(H,84,96)(H,85,99)(H,86,100)/b13-12-/t41-,49+,50-,51-,52-,53-,54-,59-,60-/m0/s1. The van der Waals surface area contributed by atoms with Gasteiger partial charge < -0.3 is 60.0 Å². The Morgan fingerprint density at radius 3 is 1.83 bits per heavy atom. The highest BCUT2D eigenvalue weighted by Crippen LogP contribution is 2.41. The van der Waals surface area contributed by atoms with Gasteiger partial charge in [-0.15, -0.1) is 0 Å². The Kier molecular flexibility index (Phi) is 26.7. The van der Waals surface area contributed by atoms with E-state index in [2.05, 4.69) is 16.0 Å². The lowest BCUT2D eigenvalue weighted by molar-refractivity contribution is -0.158. The number of nitrogens with one attached hydrogen (secondary N) is 3. The highest BCUT2D eigenvalue weighted by Gasteiger charge is 2.56. The van der Waals surface area contributed by atoms with Crippen LogP contribution in [-0.2, 0) is 82.7 Å². The van der Waals surface area contributed by atoms with Crippen molar-refractivity contribution in [2.24, 2.45) is 17.8 Å². The molecule has 3 aliphatic heterocycles. The van der Waals surface area contributed by atoms with Crippen LogP contribution >= 0.6 is 0 Å². The Hall–Kier alpha value is -8.88. The molecule has 12 amide bonds. The van der Waals surface area contributed by atoms with Crippen molar-refractivity contribution in [3.05, 3.63) is 82.4 Å². The van der Waals surface area contributed by atoms with Crippen LogP contribution in [0.2, 0.25) is 0 Å². The highest BCUT2D eigenvalue weighted by atomic mass is 19.4. The summed E-state index contributed by atoms with van der Waals surface area (Å²) in [4.78, 5) is 188. The Labute approximate surface area is 614 Å². The predicted molar refractivity (Wildman–Crippen MR) is 366 cm³/mol. The summed E-state index contributed by atoms with van der Waals surface area (Å²) in [6.07, 6.45) is -7.68. The summed E-state index contributed by atoms with van der Waals surface area (Å²) in [7, 11) is 10.3. The van der Waals surface area contributed by atoms with Crippen LogP contribution in [0.3, 0.4) is 0 Å². The van der Waals surface area contributed by atoms with Crippen molar-refractivity contribution in [3.63, 3.8) is 0 Å². The first-order valence-corrected chi connectivity index (χ1v) is 36.0. The van der Waals surface area contributed by atoms with E-state index in [1.165, 1.54) is 49.3 Å². The third-order valence-corrected chi connectivity index (χ3v) is 21.9. The molecular formula is C73H96F10N12O12. The molecule has 3 N–H and O–H groups in total. The molecular weight excluding hydrogens is 1430 g/mol. The summed E-state index contributed by atoms with van der Waals surface area (Å²) in [6, 6.07) is -8.89. The fourth-order valence-electron chi connectivity index (χ4n) is 14.9. The molecule has 107 heavy (non-hydrogen) atoms. The summed E-state index contributed by atoms with van der Waals surface area (Å²) in [5, 5.41) is 7.74. The van der Waals surface area contributed by atoms with Gasteiger partial charge in [-0.05, 0) is 117 Å². The molecule has 34 heteroatoms. The number of aryl methyl sites for hydroxylation is 1. The summed E-state index contributed by atoms with van der Waals surface area (Å²) >= 11 is 0. The van der Waals surface area contributed by atoms with Gasteiger partial charge in [-0.2, -0.15) is 26.3 Å². The third kappa shape index (κ3) is 19.7. The normalized spacial score (nSPS) is 26.7. The van der Waals surface area contributed by atoms with Crippen LogP contribution in [0.15, 0.2) is 48.6 Å². The van der Waals surface area contributed by atoms with Gasteiger partial charge in [0.2, 0.25) is 70.9 Å². The molecule has 3 heterocycles. The first-order valence-electron chi connectivity index (χ1n) is 36.0. The number of nitrogens with zero attached hydrogens (tertiary/aromatic N) is 9. The number of benzene rings is 2. The first kappa shape index (κ1) is 83.8. The van der Waals surface area contributed by atoms with Crippen LogP contribution in [0.4, 0.5) is 43.9 Å². The van der Waals surface area contributed by atoms with Crippen molar-refractivity contribution in [1.29, 1.82) is 0 Å². The van der Waals surface area contributed by atoms with Gasteiger partial charge in [0.1, 0.15) is 71.1 Å². The lowest BCUT2D eigenvalue weighted by Gasteiger charge is -2.46. The minimum absolute atomic E-state index is 0.0346. The fraction of sp³-hybridized carbons (Fsp3) is 0.644. The third-order valence-electron chi connectivity index (χ3n) is 21.9. The number of amides is 12. The first-order chi connectivity index (χ1) is 50.0. The fourth-order valence-corrected chi connectivity index (χ4v) is 14.9. The Morgan fingerprint density at radius 2 is 1.27 bits per heavy atom. The van der Waals surface area contributed by atoms with Crippen LogP contribution in [0.1, 0.15) is 139 Å². The largest absolute Gasteiger partial charge is 0.422 e. The number of rotatable bonds is 11. The smallest absolute Gasteiger partial charge is 0.347 e. The molecule has 3 aliphatic carbocycles. The molecule has 9 atom stereocenters. The molecule has 5 fully saturated rings. The van der Waals surface area contributed by atoms with Gasteiger partial charge in [0.05, 0.1) is 31.6 Å². The molecule has 1 spiro atoms. The van der Waals surface area contributed by atoms with Gasteiger partial charge in [0.15, 0.2) is 0 Å². The maximum Gasteiger partial charge on any atom is 0.422 e. The molecule has 0 unspecified atom stereocenters. The quantitative estimate of drug-likeness (QED) is 0.180. The number of carbonyl (C=O) groups is 12. The van der Waals surface area contributed by atoms with Crippen LogP contribution in [0.5, 0.6) is 0 Å². The molecule has 2 bridgehead atoms. The minimum Gasteiger partial charge on any atom is -0.347 e. The molecule has 3 saturated carbocycles. The summed E-state index contributed by atoms with van der Waals surface area (Å²) in [5.41, 5.74) is -5.75. The molecule has 24 nitrogen and oxygen atoms in total. The van der Waals surface area contributed by atoms with Crippen molar-refractivity contribution in [1.82, 2.24) is 60.0 Å². The van der Waals surface area contributed by atoms with Gasteiger partial charge in [0, 0.05) is 75.8 Å². The lowest BCUT2D eigenvalue weighted by Crippen LogP contribution is -2.68. The number of carbonyl (C=O) groups excluding carboxylic acids is 12. The Morgan fingerprint density at radius 1 is 0.654 bits per heavy atom. The zero-order valence-electron chi connectivity index (χ0n) is 61.7. The Bertz CT molecular complexity index is 3690. The number of fused-ring (bicyclic) bond motifs is 3. The SMILES string of the molecule is CC[C@H](C)[C@@H]1NC(=O)[C@H](CC2CC2)N(C)C(=O)C[C@@H](C(=O)N(C)C)N(C)C(=O)[C@H](C2CCCC2)N(C)C(=O)C2(CCC2)NC(=O)[C@@H]2CC(F)(F)CN2C(=O)[C@@H](CCc2cc(F)c(C(F)(F)F)c(F)c2)NC(=O)CN(C)C(=O)[C@H](Cc2ccc(C(F)(F)F)cc2)N2CC/C=C\C[C@@H](C2=O)N(C)C(=O)CN(C)C1=O. The predicted octanol–water partition coefficient (Wildman–Crippen LogP) is 5.72. The second-order valence-electron chi connectivity index (χ2n) is 29.8. The van der Waals surface area contributed by atoms with E-state index >= 15 is 41.5 Å². The van der Waals surface area contributed by atoms with Gasteiger partial charge in [-0.3, -0.25) is 57.5 Å². The molecule has 6 aliphatic rings. The molecule has 0 radical (unpaired) electrons. The lowest BCUT2D eigenvalue weighted by atomic mass is 9.74. The zero-order valence-corrected chi connectivity index (χ0v) is 61.7. The van der Waals surface area contributed by atoms with Gasteiger partial charge >= 0.3 is 12.4 Å². The molecule has 2 aromatic carbocycles. The van der Waals surface area contributed by atoms with Gasteiger partial charge in [0.25, 0.3) is 5.92 Å². The molecule has 8 rings (SSSR count). The molecule has 0 aromatic heterocycles. The number of likely N-dealkylation sites (N-methyl/N-ethyl adjacent to an activating group) is 7. The van der Waals surface area contributed by atoms with Crippen molar-refractivity contribution in [3.8, 4) is 0 Å². The minimum atomic E-state index is -5.52. The monoisotopic (exact) mass is 1520 g/mol. The summed E-state index contributed by atoms with van der Waals surface area (Å²) < 4.78 is 146. The molecule has 2 saturated heterocycles. The number of halogens is 10. The second-order valence-corrected chi connectivity index (χ2v) is 29.8. The van der Waals surface area contributed by atoms with E-state index in [0.29, 0.717) is 62.0 Å². The van der Waals surface area contributed by atoms with E-state index in [9.17, 15) is 59.9 Å². The van der Waals surface area contributed by atoms with E-state index in [4.69, 9.17) is 0 Å². The van der Waals surface area contributed by atoms with Gasteiger partial charge in [-0.1, -0.05) is 70.2 Å². The maximum atomic E-state index is 16.1. The van der Waals surface area contributed by atoms with E-state index in [0.717, 1.165) is 70.5 Å². The van der Waals surface area contributed by atoms with E-state index in [-0.39, 0.29) is 56.6 Å². The topological polar surface area (TPSA) is 270 Å². The van der Waals surface area contributed by atoms with Crippen molar-refractivity contribution >= 4 is 70.9 Å². The van der Waals surface area contributed by atoms with Crippen LogP contribution in [-0.4, -0.2) is 257 Å². The second kappa shape index (κ2) is 34.1. The number of alkyl halides is 8. The van der Waals surface area contributed by atoms with Crippen molar-refractivity contribution in [2.45, 2.75) is 202 Å². The maximum absolute atomic E-state index is 16.1. The Balaban J connectivity index is 1.22. The average molecular weight is 1520 g/mol. The van der Waals surface area contributed by atoms with E-state index < -0.39 is 235 Å². The van der Waals surface area contributed by atoms with E-state index in [1.54, 1.807) is 26.0 Å². The van der Waals surface area contributed by atoms with Crippen LogP contribution < -0.4 is 16.0 Å². The van der Waals surface area contributed by atoms with Gasteiger partial charge in [-0.25, -0.2) is 17.6 Å². The van der Waals surface area contributed by atoms with Crippen molar-refractivity contribution < 1.29 is 101 Å². The summed E-state index contributed by atoms with van der Waals surface area (Å²) in [6.45, 7) is -0.183. The number of hydrogen-bond acceptors (Lipinski definition) is 12. The van der Waals surface area contributed by atoms with Crippen LogP contribution in [0, 0.1) is 29.4 Å².